The van der Waals surface area contributed by atoms with Crippen molar-refractivity contribution in [3.63, 3.8) is 0 Å². The van der Waals surface area contributed by atoms with Gasteiger partial charge in [0.15, 0.2) is 4.96 Å². The van der Waals surface area contributed by atoms with Gasteiger partial charge in [0, 0.05) is 16.1 Å². The minimum absolute atomic E-state index is 0.00850. The highest BCUT2D eigenvalue weighted by atomic mass is 32.1. The van der Waals surface area contributed by atoms with Crippen LogP contribution in [0.4, 0.5) is 0 Å². The summed E-state index contributed by atoms with van der Waals surface area (Å²) in [5.74, 6) is -0.810. The second-order valence-corrected chi connectivity index (χ2v) is 6.70. The summed E-state index contributed by atoms with van der Waals surface area (Å²) in [4.78, 5) is 18.4. The average Bonchev–Trinajstić information content (AvgIpc) is 3.04. The van der Waals surface area contributed by atoms with Gasteiger partial charge in [0.05, 0.1) is 17.8 Å². The second-order valence-electron chi connectivity index (χ2n) is 5.64. The molecule has 0 atom stereocenters. The Kier molecular flexibility index (Phi) is 3.22. The number of thiazole rings is 1. The predicted octanol–water partition coefficient (Wildman–Crippen LogP) is 3.57. The molecule has 2 aromatic heterocycles. The van der Waals surface area contributed by atoms with E-state index >= 15 is 0 Å². The van der Waals surface area contributed by atoms with Crippen molar-refractivity contribution in [1.82, 2.24) is 9.38 Å². The number of aliphatic carboxylic acids is 1. The molecule has 0 fully saturated rings. The van der Waals surface area contributed by atoms with Crippen molar-refractivity contribution in [2.45, 2.75) is 32.1 Å². The molecule has 4 rings (SSSR count). The van der Waals surface area contributed by atoms with E-state index < -0.39 is 5.97 Å². The molecule has 112 valence electrons. The number of hydrogen-bond donors (Lipinski definition) is 1. The lowest BCUT2D eigenvalue weighted by Gasteiger charge is -2.12. The van der Waals surface area contributed by atoms with E-state index in [9.17, 15) is 9.90 Å². The summed E-state index contributed by atoms with van der Waals surface area (Å²) in [6.45, 7) is 0. The van der Waals surface area contributed by atoms with Gasteiger partial charge in [-0.2, -0.15) is 0 Å². The van der Waals surface area contributed by atoms with Crippen molar-refractivity contribution >= 4 is 22.3 Å². The summed E-state index contributed by atoms with van der Waals surface area (Å²) >= 11 is 1.72. The van der Waals surface area contributed by atoms with Crippen LogP contribution in [-0.4, -0.2) is 20.5 Å². The Morgan fingerprint density at radius 2 is 2.00 bits per heavy atom. The third-order valence-corrected chi connectivity index (χ3v) is 5.32. The van der Waals surface area contributed by atoms with Crippen LogP contribution in [-0.2, 0) is 24.1 Å². The number of aromatic nitrogens is 2. The molecule has 0 saturated carbocycles. The van der Waals surface area contributed by atoms with Crippen LogP contribution in [0.15, 0.2) is 30.3 Å². The fourth-order valence-electron chi connectivity index (χ4n) is 3.23. The van der Waals surface area contributed by atoms with E-state index in [2.05, 4.69) is 4.40 Å². The normalized spacial score (nSPS) is 14.2. The van der Waals surface area contributed by atoms with Crippen molar-refractivity contribution in [2.75, 3.05) is 0 Å². The number of nitrogens with zero attached hydrogens (tertiary/aromatic N) is 2. The first-order valence-electron chi connectivity index (χ1n) is 7.53. The maximum absolute atomic E-state index is 11.3. The van der Waals surface area contributed by atoms with Crippen LogP contribution in [0.2, 0.25) is 0 Å². The fourth-order valence-corrected chi connectivity index (χ4v) is 4.46. The van der Waals surface area contributed by atoms with Crippen molar-refractivity contribution in [3.8, 4) is 11.3 Å². The lowest BCUT2D eigenvalue weighted by atomic mass is 10.0. The number of imidazole rings is 1. The number of benzene rings is 1. The molecule has 22 heavy (non-hydrogen) atoms. The topological polar surface area (TPSA) is 54.6 Å². The van der Waals surface area contributed by atoms with Crippen molar-refractivity contribution in [2.24, 2.45) is 0 Å². The Hall–Kier alpha value is -2.14. The summed E-state index contributed by atoms with van der Waals surface area (Å²) in [7, 11) is 0. The molecule has 0 radical (unpaired) electrons. The molecule has 1 aromatic carbocycles. The molecule has 0 unspecified atom stereocenters. The lowest BCUT2D eigenvalue weighted by Crippen LogP contribution is -2.09. The van der Waals surface area contributed by atoms with E-state index in [1.165, 1.54) is 23.4 Å². The maximum Gasteiger partial charge on any atom is 0.309 e. The minimum atomic E-state index is -0.810. The molecule has 1 N–H and O–H groups in total. The number of fused-ring (bicyclic) bond motifs is 3. The number of hydrogen-bond acceptors (Lipinski definition) is 3. The van der Waals surface area contributed by atoms with Gasteiger partial charge in [0.25, 0.3) is 0 Å². The van der Waals surface area contributed by atoms with Gasteiger partial charge in [-0.25, -0.2) is 4.98 Å². The molecule has 0 amide bonds. The summed E-state index contributed by atoms with van der Waals surface area (Å²) in [6, 6.07) is 9.86. The van der Waals surface area contributed by atoms with Crippen LogP contribution in [0.3, 0.4) is 0 Å². The zero-order valence-corrected chi connectivity index (χ0v) is 12.9. The van der Waals surface area contributed by atoms with Crippen LogP contribution < -0.4 is 0 Å². The number of aryl methyl sites for hydroxylation is 2. The van der Waals surface area contributed by atoms with Gasteiger partial charge in [-0.1, -0.05) is 30.3 Å². The Morgan fingerprint density at radius 3 is 2.77 bits per heavy atom. The zero-order chi connectivity index (χ0) is 15.1. The first-order chi connectivity index (χ1) is 10.7. The fraction of sp³-hybridized carbons (Fsp3) is 0.294. The molecule has 0 aliphatic heterocycles. The lowest BCUT2D eigenvalue weighted by molar-refractivity contribution is -0.136. The Balaban J connectivity index is 1.97. The molecule has 5 heteroatoms. The number of carboxylic acid groups (broad SMARTS) is 1. The Labute approximate surface area is 132 Å². The van der Waals surface area contributed by atoms with E-state index in [0.29, 0.717) is 0 Å². The Morgan fingerprint density at radius 1 is 1.23 bits per heavy atom. The van der Waals surface area contributed by atoms with Crippen LogP contribution >= 0.6 is 11.3 Å². The molecule has 2 heterocycles. The van der Waals surface area contributed by atoms with Crippen molar-refractivity contribution in [1.29, 1.82) is 0 Å². The van der Waals surface area contributed by atoms with Gasteiger partial charge in [-0.05, 0) is 25.7 Å². The molecule has 0 spiro atoms. The van der Waals surface area contributed by atoms with Crippen LogP contribution in [0, 0.1) is 0 Å². The van der Waals surface area contributed by atoms with Gasteiger partial charge in [-0.3, -0.25) is 9.20 Å². The van der Waals surface area contributed by atoms with Gasteiger partial charge in [0.2, 0.25) is 0 Å². The zero-order valence-electron chi connectivity index (χ0n) is 12.1. The van der Waals surface area contributed by atoms with Gasteiger partial charge in [0.1, 0.15) is 0 Å². The molecule has 1 aliphatic rings. The summed E-state index contributed by atoms with van der Waals surface area (Å²) in [5.41, 5.74) is 3.88. The Bertz CT molecular complexity index is 849. The number of carbonyl (C=O) groups is 1. The summed E-state index contributed by atoms with van der Waals surface area (Å²) in [6.07, 6.45) is 4.51. The average molecular weight is 312 g/mol. The first kappa shape index (κ1) is 13.5. The maximum atomic E-state index is 11.3. The van der Waals surface area contributed by atoms with E-state index in [4.69, 9.17) is 4.98 Å². The standard InChI is InChI=1S/C17H16N2O2S/c20-15(21)10-13-16(11-6-2-1-3-7-11)18-17-19(13)12-8-4-5-9-14(12)22-17/h1-3,6-7H,4-5,8-10H2,(H,20,21). The largest absolute Gasteiger partial charge is 0.481 e. The quantitative estimate of drug-likeness (QED) is 0.804. The SMILES string of the molecule is O=C(O)Cc1c(-c2ccccc2)nc2sc3c(n12)CCCC3. The van der Waals surface area contributed by atoms with Crippen LogP contribution in [0.5, 0.6) is 0 Å². The molecule has 0 saturated heterocycles. The smallest absolute Gasteiger partial charge is 0.309 e. The highest BCUT2D eigenvalue weighted by Crippen LogP contribution is 2.35. The monoisotopic (exact) mass is 312 g/mol. The van der Waals surface area contributed by atoms with Crippen molar-refractivity contribution < 1.29 is 9.90 Å². The third-order valence-electron chi connectivity index (χ3n) is 4.18. The minimum Gasteiger partial charge on any atom is -0.481 e. The predicted molar refractivity (Wildman–Crippen MR) is 86.5 cm³/mol. The third kappa shape index (κ3) is 2.13. The molecule has 0 bridgehead atoms. The van der Waals surface area contributed by atoms with Gasteiger partial charge < -0.3 is 5.11 Å². The van der Waals surface area contributed by atoms with Crippen molar-refractivity contribution in [3.05, 3.63) is 46.6 Å². The van der Waals surface area contributed by atoms with Gasteiger partial charge >= 0.3 is 5.97 Å². The van der Waals surface area contributed by atoms with E-state index in [1.54, 1.807) is 11.3 Å². The second kappa shape index (κ2) is 5.25. The molecular weight excluding hydrogens is 296 g/mol. The van der Waals surface area contributed by atoms with E-state index in [1.807, 2.05) is 30.3 Å². The molecule has 4 nitrogen and oxygen atoms in total. The summed E-state index contributed by atoms with van der Waals surface area (Å²) < 4.78 is 2.11. The highest BCUT2D eigenvalue weighted by Gasteiger charge is 2.24. The number of rotatable bonds is 3. The summed E-state index contributed by atoms with van der Waals surface area (Å²) in [5, 5.41) is 9.32. The van der Waals surface area contributed by atoms with E-state index in [0.717, 1.165) is 34.8 Å². The van der Waals surface area contributed by atoms with Crippen LogP contribution in [0.25, 0.3) is 16.2 Å². The molecular formula is C17H16N2O2S. The molecule has 1 aliphatic carbocycles. The highest BCUT2D eigenvalue weighted by molar-refractivity contribution is 7.17. The first-order valence-corrected chi connectivity index (χ1v) is 8.35. The molecule has 3 aromatic rings. The number of carboxylic acids is 1. The van der Waals surface area contributed by atoms with Gasteiger partial charge in [-0.15, -0.1) is 11.3 Å². The van der Waals surface area contributed by atoms with Crippen LogP contribution in [0.1, 0.15) is 29.1 Å². The van der Waals surface area contributed by atoms with E-state index in [-0.39, 0.29) is 6.42 Å².